The Bertz CT molecular complexity index is 1380. The van der Waals surface area contributed by atoms with Gasteiger partial charge in [0, 0.05) is 48.1 Å². The van der Waals surface area contributed by atoms with Crippen LogP contribution in [-0.4, -0.2) is 30.6 Å². The molecule has 0 saturated carbocycles. The number of pyridine rings is 1. The summed E-state index contributed by atoms with van der Waals surface area (Å²) in [5.74, 6) is -0.254. The van der Waals surface area contributed by atoms with Crippen molar-refractivity contribution in [2.24, 2.45) is 7.05 Å². The third-order valence-corrected chi connectivity index (χ3v) is 5.07. The number of carbonyl (C=O) groups excluding carboxylic acids is 1. The van der Waals surface area contributed by atoms with Crippen molar-refractivity contribution in [2.45, 2.75) is 13.8 Å². The lowest BCUT2D eigenvalue weighted by molar-refractivity contribution is -0.111. The smallest absolute Gasteiger partial charge is 0.247 e. The van der Waals surface area contributed by atoms with Crippen LogP contribution in [0.3, 0.4) is 0 Å². The third kappa shape index (κ3) is 5.07. The fraction of sp³-hybridized carbons (Fsp3) is 0.125. The standard InChI is InChI=1S/C24H23FN8O/c1-5-22(34)29-17-6-7-20(25)21(9-17)31-23-19(16-8-14(2)15(3)26-10-16)12-27-24(32-23)30-18-11-28-33(4)13-18/h5-13H,1H2,2-4H3,(H,29,34)(H2,27,30,31,32). The molecule has 0 aliphatic rings. The molecule has 34 heavy (non-hydrogen) atoms. The lowest BCUT2D eigenvalue weighted by atomic mass is 10.1. The Morgan fingerprint density at radius 2 is 1.91 bits per heavy atom. The van der Waals surface area contributed by atoms with Crippen molar-refractivity contribution < 1.29 is 9.18 Å². The molecule has 0 fully saturated rings. The second-order valence-electron chi connectivity index (χ2n) is 7.62. The van der Waals surface area contributed by atoms with Gasteiger partial charge in [0.15, 0.2) is 0 Å². The van der Waals surface area contributed by atoms with E-state index in [0.29, 0.717) is 28.7 Å². The number of nitrogens with one attached hydrogen (secondary N) is 3. The molecule has 9 nitrogen and oxygen atoms in total. The van der Waals surface area contributed by atoms with Gasteiger partial charge in [0.25, 0.3) is 0 Å². The van der Waals surface area contributed by atoms with E-state index in [1.165, 1.54) is 18.2 Å². The molecule has 0 bridgehead atoms. The average molecular weight is 459 g/mol. The van der Waals surface area contributed by atoms with Gasteiger partial charge in [0.05, 0.1) is 17.6 Å². The first-order valence-electron chi connectivity index (χ1n) is 10.4. The fourth-order valence-corrected chi connectivity index (χ4v) is 3.17. The van der Waals surface area contributed by atoms with Crippen molar-refractivity contribution in [3.8, 4) is 11.1 Å². The molecule has 0 saturated heterocycles. The first-order chi connectivity index (χ1) is 16.3. The zero-order valence-electron chi connectivity index (χ0n) is 18.9. The van der Waals surface area contributed by atoms with Gasteiger partial charge in [-0.15, -0.1) is 0 Å². The van der Waals surface area contributed by atoms with Crippen LogP contribution in [0.15, 0.2) is 61.7 Å². The topological polar surface area (TPSA) is 110 Å². The summed E-state index contributed by atoms with van der Waals surface area (Å²) in [6.45, 7) is 7.32. The van der Waals surface area contributed by atoms with E-state index in [4.69, 9.17) is 0 Å². The Kier molecular flexibility index (Phi) is 6.30. The quantitative estimate of drug-likeness (QED) is 0.346. The van der Waals surface area contributed by atoms with E-state index in [1.54, 1.807) is 36.5 Å². The Morgan fingerprint density at radius 1 is 1.09 bits per heavy atom. The van der Waals surface area contributed by atoms with Crippen molar-refractivity contribution in [3.05, 3.63) is 78.8 Å². The minimum Gasteiger partial charge on any atom is -0.337 e. The molecule has 0 aliphatic heterocycles. The Balaban J connectivity index is 1.75. The van der Waals surface area contributed by atoms with E-state index in [2.05, 4.69) is 42.6 Å². The van der Waals surface area contributed by atoms with Gasteiger partial charge < -0.3 is 16.0 Å². The Labute approximate surface area is 195 Å². The summed E-state index contributed by atoms with van der Waals surface area (Å²) in [7, 11) is 1.80. The number of nitrogens with zero attached hydrogens (tertiary/aromatic N) is 5. The maximum atomic E-state index is 14.7. The molecule has 3 aromatic heterocycles. The predicted molar refractivity (Wildman–Crippen MR) is 130 cm³/mol. The molecule has 1 amide bonds. The number of carbonyl (C=O) groups is 1. The van der Waals surface area contributed by atoms with E-state index >= 15 is 0 Å². The first-order valence-corrected chi connectivity index (χ1v) is 10.4. The van der Waals surface area contributed by atoms with Crippen LogP contribution >= 0.6 is 0 Å². The maximum absolute atomic E-state index is 14.7. The molecule has 172 valence electrons. The summed E-state index contributed by atoms with van der Waals surface area (Å²) in [5, 5.41) is 12.9. The van der Waals surface area contributed by atoms with E-state index in [1.807, 2.05) is 19.9 Å². The monoisotopic (exact) mass is 458 g/mol. The van der Waals surface area contributed by atoms with Gasteiger partial charge in [-0.1, -0.05) is 6.58 Å². The number of hydrogen-bond acceptors (Lipinski definition) is 7. The Hall–Kier alpha value is -4.60. The second kappa shape index (κ2) is 9.49. The van der Waals surface area contributed by atoms with E-state index in [0.717, 1.165) is 22.9 Å². The molecule has 4 rings (SSSR count). The molecular weight excluding hydrogens is 435 g/mol. The number of halogens is 1. The van der Waals surface area contributed by atoms with Gasteiger partial charge >= 0.3 is 0 Å². The fourth-order valence-electron chi connectivity index (χ4n) is 3.17. The van der Waals surface area contributed by atoms with Crippen molar-refractivity contribution in [2.75, 3.05) is 16.0 Å². The van der Waals surface area contributed by atoms with Crippen molar-refractivity contribution >= 4 is 34.7 Å². The molecule has 0 radical (unpaired) electrons. The van der Waals surface area contributed by atoms with Crippen LogP contribution < -0.4 is 16.0 Å². The average Bonchev–Trinajstić information content (AvgIpc) is 3.22. The van der Waals surface area contributed by atoms with E-state index in [9.17, 15) is 9.18 Å². The number of benzene rings is 1. The van der Waals surface area contributed by atoms with E-state index < -0.39 is 11.7 Å². The summed E-state index contributed by atoms with van der Waals surface area (Å²) >= 11 is 0. The number of hydrogen-bond donors (Lipinski definition) is 3. The highest BCUT2D eigenvalue weighted by Crippen LogP contribution is 2.32. The molecule has 4 aromatic rings. The number of aromatic nitrogens is 5. The highest BCUT2D eigenvalue weighted by Gasteiger charge is 2.14. The van der Waals surface area contributed by atoms with Gasteiger partial charge in [-0.3, -0.25) is 14.5 Å². The lowest BCUT2D eigenvalue weighted by Crippen LogP contribution is -2.08. The number of aryl methyl sites for hydroxylation is 3. The minimum atomic E-state index is -0.513. The lowest BCUT2D eigenvalue weighted by Gasteiger charge is -2.15. The van der Waals surface area contributed by atoms with Crippen LogP contribution in [0.25, 0.3) is 11.1 Å². The summed E-state index contributed by atoms with van der Waals surface area (Å²) in [6, 6.07) is 6.17. The normalized spacial score (nSPS) is 10.6. The van der Waals surface area contributed by atoms with Crippen LogP contribution in [0.5, 0.6) is 0 Å². The highest BCUT2D eigenvalue weighted by atomic mass is 19.1. The van der Waals surface area contributed by atoms with Crippen molar-refractivity contribution in [1.82, 2.24) is 24.7 Å². The molecule has 0 atom stereocenters. The summed E-state index contributed by atoms with van der Waals surface area (Å²) in [5.41, 5.74) is 4.56. The summed E-state index contributed by atoms with van der Waals surface area (Å²) in [4.78, 5) is 25.1. The largest absolute Gasteiger partial charge is 0.337 e. The summed E-state index contributed by atoms with van der Waals surface area (Å²) in [6.07, 6.45) is 7.92. The van der Waals surface area contributed by atoms with Gasteiger partial charge in [-0.2, -0.15) is 10.1 Å². The molecule has 0 aliphatic carbocycles. The molecule has 10 heteroatoms. The Morgan fingerprint density at radius 3 is 2.62 bits per heavy atom. The molecular formula is C24H23FN8O. The van der Waals surface area contributed by atoms with Gasteiger partial charge in [0.2, 0.25) is 11.9 Å². The molecule has 1 aromatic carbocycles. The zero-order chi connectivity index (χ0) is 24.2. The van der Waals surface area contributed by atoms with Crippen LogP contribution in [0, 0.1) is 19.7 Å². The molecule has 3 heterocycles. The van der Waals surface area contributed by atoms with Gasteiger partial charge in [0.1, 0.15) is 11.6 Å². The van der Waals surface area contributed by atoms with Crippen molar-refractivity contribution in [3.63, 3.8) is 0 Å². The van der Waals surface area contributed by atoms with Crippen molar-refractivity contribution in [1.29, 1.82) is 0 Å². The molecule has 0 spiro atoms. The second-order valence-corrected chi connectivity index (χ2v) is 7.62. The zero-order valence-corrected chi connectivity index (χ0v) is 18.9. The van der Waals surface area contributed by atoms with Crippen LogP contribution in [0.2, 0.25) is 0 Å². The van der Waals surface area contributed by atoms with Crippen LogP contribution in [0.4, 0.5) is 33.2 Å². The SMILES string of the molecule is C=CC(=O)Nc1ccc(F)c(Nc2nc(Nc3cnn(C)c3)ncc2-c2cnc(C)c(C)c2)c1. The maximum Gasteiger partial charge on any atom is 0.247 e. The van der Waals surface area contributed by atoms with Crippen LogP contribution in [0.1, 0.15) is 11.3 Å². The summed E-state index contributed by atoms with van der Waals surface area (Å²) < 4.78 is 16.3. The molecule has 0 unspecified atom stereocenters. The van der Waals surface area contributed by atoms with Crippen LogP contribution in [-0.2, 0) is 11.8 Å². The van der Waals surface area contributed by atoms with Gasteiger partial charge in [-0.05, 0) is 49.8 Å². The number of anilines is 5. The molecule has 3 N–H and O–H groups in total. The van der Waals surface area contributed by atoms with Gasteiger partial charge in [-0.25, -0.2) is 9.37 Å². The third-order valence-electron chi connectivity index (χ3n) is 5.07. The highest BCUT2D eigenvalue weighted by molar-refractivity contribution is 5.99. The number of amides is 1. The minimum absolute atomic E-state index is 0.130. The predicted octanol–water partition coefficient (Wildman–Crippen LogP) is 4.64. The number of rotatable bonds is 7. The first kappa shape index (κ1) is 22.6. The van der Waals surface area contributed by atoms with E-state index in [-0.39, 0.29) is 5.69 Å².